The van der Waals surface area contributed by atoms with Gasteiger partial charge in [-0.05, 0) is 31.6 Å². The van der Waals surface area contributed by atoms with E-state index in [0.29, 0.717) is 10.8 Å². The minimum absolute atomic E-state index is 0.438. The van der Waals surface area contributed by atoms with Gasteiger partial charge in [0, 0.05) is 18.5 Å². The molecule has 1 rings (SSSR count). The van der Waals surface area contributed by atoms with Crippen molar-refractivity contribution in [3.05, 3.63) is 17.0 Å². The summed E-state index contributed by atoms with van der Waals surface area (Å²) in [5.41, 5.74) is 0. The number of likely N-dealkylation sites (N-methyl/N-ethyl adjacent to an activating group) is 1. The Morgan fingerprint density at radius 3 is 2.65 bits per heavy atom. The maximum absolute atomic E-state index is 12.0. The summed E-state index contributed by atoms with van der Waals surface area (Å²) in [5, 5.41) is 3.23. The summed E-state index contributed by atoms with van der Waals surface area (Å²) in [6.07, 6.45) is 0.879. The SMILES string of the molecule is CCNCCc1ccc(S(=O)(=O)N(C)CC)s1. The van der Waals surface area contributed by atoms with Gasteiger partial charge in [0.25, 0.3) is 10.0 Å². The fourth-order valence-corrected chi connectivity index (χ4v) is 4.09. The fourth-order valence-electron chi connectivity index (χ4n) is 1.34. The minimum Gasteiger partial charge on any atom is -0.317 e. The molecule has 0 radical (unpaired) electrons. The zero-order valence-corrected chi connectivity index (χ0v) is 12.2. The third-order valence-electron chi connectivity index (χ3n) is 2.55. The summed E-state index contributed by atoms with van der Waals surface area (Å²) in [6.45, 7) is 6.21. The molecule has 0 saturated heterocycles. The Morgan fingerprint density at radius 1 is 1.35 bits per heavy atom. The molecule has 0 unspecified atom stereocenters. The summed E-state index contributed by atoms with van der Waals surface area (Å²) in [5.74, 6) is 0. The van der Waals surface area contributed by atoms with Crippen LogP contribution in [0.25, 0.3) is 0 Å². The molecule has 0 saturated carbocycles. The van der Waals surface area contributed by atoms with E-state index in [1.165, 1.54) is 15.6 Å². The molecule has 0 bridgehead atoms. The number of rotatable bonds is 7. The number of sulfonamides is 1. The second-order valence-electron chi connectivity index (χ2n) is 3.74. The number of hydrogen-bond donors (Lipinski definition) is 1. The first kappa shape index (κ1) is 14.6. The number of nitrogens with zero attached hydrogens (tertiary/aromatic N) is 1. The monoisotopic (exact) mass is 276 g/mol. The van der Waals surface area contributed by atoms with Gasteiger partial charge >= 0.3 is 0 Å². The number of hydrogen-bond acceptors (Lipinski definition) is 4. The quantitative estimate of drug-likeness (QED) is 0.769. The van der Waals surface area contributed by atoms with E-state index < -0.39 is 10.0 Å². The Labute approximate surface area is 108 Å². The van der Waals surface area contributed by atoms with E-state index in [9.17, 15) is 8.42 Å². The van der Waals surface area contributed by atoms with Crippen LogP contribution in [0.1, 0.15) is 18.7 Å². The second kappa shape index (κ2) is 6.49. The van der Waals surface area contributed by atoms with Gasteiger partial charge in [-0.1, -0.05) is 13.8 Å². The van der Waals surface area contributed by atoms with Gasteiger partial charge in [0.1, 0.15) is 4.21 Å². The molecule has 0 amide bonds. The standard InChI is InChI=1S/C11H20N2O2S2/c1-4-12-9-8-10-6-7-11(16-10)17(14,15)13(3)5-2/h6-7,12H,4-5,8-9H2,1-3H3. The van der Waals surface area contributed by atoms with Crippen LogP contribution < -0.4 is 5.32 Å². The molecule has 1 N–H and O–H groups in total. The third-order valence-corrected chi connectivity index (χ3v) is 6.09. The molecule has 1 aromatic rings. The van der Waals surface area contributed by atoms with Crippen molar-refractivity contribution in [3.63, 3.8) is 0 Å². The highest BCUT2D eigenvalue weighted by molar-refractivity contribution is 7.91. The van der Waals surface area contributed by atoms with Crippen LogP contribution in [0.4, 0.5) is 0 Å². The van der Waals surface area contributed by atoms with Crippen molar-refractivity contribution in [2.75, 3.05) is 26.7 Å². The number of nitrogens with one attached hydrogen (secondary N) is 1. The molecule has 0 aliphatic heterocycles. The van der Waals surface area contributed by atoms with Gasteiger partial charge in [-0.15, -0.1) is 11.3 Å². The molecule has 0 aromatic carbocycles. The van der Waals surface area contributed by atoms with Crippen molar-refractivity contribution in [2.24, 2.45) is 0 Å². The summed E-state index contributed by atoms with van der Waals surface area (Å²) in [7, 11) is -1.66. The smallest absolute Gasteiger partial charge is 0.252 e. The molecule has 98 valence electrons. The molecule has 1 aromatic heterocycles. The molecular formula is C11H20N2O2S2. The van der Waals surface area contributed by atoms with Crippen molar-refractivity contribution >= 4 is 21.4 Å². The molecule has 6 heteroatoms. The van der Waals surface area contributed by atoms with E-state index in [-0.39, 0.29) is 0 Å². The molecule has 0 aliphatic rings. The topological polar surface area (TPSA) is 49.4 Å². The van der Waals surface area contributed by atoms with Gasteiger partial charge in [-0.2, -0.15) is 0 Å². The predicted octanol–water partition coefficient (Wildman–Crippen LogP) is 1.54. The lowest BCUT2D eigenvalue weighted by Crippen LogP contribution is -2.25. The van der Waals surface area contributed by atoms with E-state index in [1.54, 1.807) is 13.1 Å². The maximum atomic E-state index is 12.0. The summed E-state index contributed by atoms with van der Waals surface area (Å²) in [6, 6.07) is 3.60. The Morgan fingerprint density at radius 2 is 2.06 bits per heavy atom. The normalized spacial score (nSPS) is 12.2. The highest BCUT2D eigenvalue weighted by Crippen LogP contribution is 2.24. The third kappa shape index (κ3) is 3.77. The average Bonchev–Trinajstić information content (AvgIpc) is 2.77. The molecule has 0 spiro atoms. The zero-order valence-electron chi connectivity index (χ0n) is 10.6. The van der Waals surface area contributed by atoms with Crippen LogP contribution in [0.15, 0.2) is 16.3 Å². The highest BCUT2D eigenvalue weighted by atomic mass is 32.2. The van der Waals surface area contributed by atoms with Crippen LogP contribution in [0.3, 0.4) is 0 Å². The first-order chi connectivity index (χ1) is 8.02. The van der Waals surface area contributed by atoms with E-state index in [0.717, 1.165) is 24.4 Å². The minimum atomic E-state index is -3.27. The van der Waals surface area contributed by atoms with E-state index in [4.69, 9.17) is 0 Å². The average molecular weight is 276 g/mol. The van der Waals surface area contributed by atoms with Crippen LogP contribution in [-0.4, -0.2) is 39.4 Å². The lowest BCUT2D eigenvalue weighted by molar-refractivity contribution is 0.488. The van der Waals surface area contributed by atoms with Crippen molar-refractivity contribution < 1.29 is 8.42 Å². The Bertz CT molecular complexity index is 440. The molecule has 17 heavy (non-hydrogen) atoms. The largest absolute Gasteiger partial charge is 0.317 e. The van der Waals surface area contributed by atoms with Gasteiger partial charge < -0.3 is 5.32 Å². The van der Waals surface area contributed by atoms with Crippen LogP contribution >= 0.6 is 11.3 Å². The fraction of sp³-hybridized carbons (Fsp3) is 0.636. The van der Waals surface area contributed by atoms with Crippen LogP contribution in [0.5, 0.6) is 0 Å². The van der Waals surface area contributed by atoms with Gasteiger partial charge in [0.05, 0.1) is 0 Å². The lowest BCUT2D eigenvalue weighted by atomic mass is 10.3. The van der Waals surface area contributed by atoms with E-state index in [1.807, 2.05) is 13.0 Å². The van der Waals surface area contributed by atoms with Crippen LogP contribution in [0, 0.1) is 0 Å². The first-order valence-electron chi connectivity index (χ1n) is 5.78. The molecular weight excluding hydrogens is 256 g/mol. The molecule has 0 atom stereocenters. The Balaban J connectivity index is 2.74. The lowest BCUT2D eigenvalue weighted by Gasteiger charge is -2.12. The highest BCUT2D eigenvalue weighted by Gasteiger charge is 2.21. The maximum Gasteiger partial charge on any atom is 0.252 e. The van der Waals surface area contributed by atoms with E-state index >= 15 is 0 Å². The predicted molar refractivity (Wildman–Crippen MR) is 72.1 cm³/mol. The van der Waals surface area contributed by atoms with Gasteiger partial charge in [-0.3, -0.25) is 0 Å². The Kier molecular flexibility index (Phi) is 5.58. The molecule has 0 aliphatic carbocycles. The summed E-state index contributed by atoms with van der Waals surface area (Å²) in [4.78, 5) is 1.11. The van der Waals surface area contributed by atoms with Crippen molar-refractivity contribution in [1.29, 1.82) is 0 Å². The summed E-state index contributed by atoms with van der Waals surface area (Å²) < 4.78 is 25.9. The van der Waals surface area contributed by atoms with Gasteiger partial charge in [0.15, 0.2) is 0 Å². The van der Waals surface area contributed by atoms with E-state index in [2.05, 4.69) is 12.2 Å². The van der Waals surface area contributed by atoms with Crippen LogP contribution in [-0.2, 0) is 16.4 Å². The first-order valence-corrected chi connectivity index (χ1v) is 8.03. The second-order valence-corrected chi connectivity index (χ2v) is 7.18. The van der Waals surface area contributed by atoms with Crippen LogP contribution in [0.2, 0.25) is 0 Å². The molecule has 1 heterocycles. The van der Waals surface area contributed by atoms with Crippen molar-refractivity contribution in [1.82, 2.24) is 9.62 Å². The van der Waals surface area contributed by atoms with Gasteiger partial charge in [0.2, 0.25) is 0 Å². The number of thiophene rings is 1. The molecule has 4 nitrogen and oxygen atoms in total. The molecule has 0 fully saturated rings. The van der Waals surface area contributed by atoms with Crippen molar-refractivity contribution in [3.8, 4) is 0 Å². The Hall–Kier alpha value is -0.430. The van der Waals surface area contributed by atoms with Crippen molar-refractivity contribution in [2.45, 2.75) is 24.5 Å². The zero-order chi connectivity index (χ0) is 12.9. The van der Waals surface area contributed by atoms with Gasteiger partial charge in [-0.25, -0.2) is 12.7 Å². The summed E-state index contributed by atoms with van der Waals surface area (Å²) >= 11 is 1.36.